The van der Waals surface area contributed by atoms with Crippen molar-refractivity contribution in [1.29, 1.82) is 0 Å². The van der Waals surface area contributed by atoms with Crippen LogP contribution in [0.15, 0.2) is 34.2 Å². The molecule has 8 nitrogen and oxygen atoms in total. The topological polar surface area (TPSA) is 100 Å². The lowest BCUT2D eigenvalue weighted by Crippen LogP contribution is -2.46. The molecule has 0 saturated carbocycles. The zero-order chi connectivity index (χ0) is 20.6. The summed E-state index contributed by atoms with van der Waals surface area (Å²) in [6, 6.07) is 6.69. The Morgan fingerprint density at radius 1 is 1.21 bits per heavy atom. The molecule has 0 radical (unpaired) electrons. The van der Waals surface area contributed by atoms with Gasteiger partial charge in [-0.15, -0.1) is 24.0 Å². The van der Waals surface area contributed by atoms with Gasteiger partial charge in [0.05, 0.1) is 24.0 Å². The van der Waals surface area contributed by atoms with Crippen LogP contribution in [0.1, 0.15) is 32.3 Å². The quantitative estimate of drug-likeness (QED) is 0.238. The molecule has 1 saturated heterocycles. The molecule has 0 aromatic heterocycles. The SMILES string of the molecule is CCNC(=NCc1ccc(S(=O)(=O)NC)cc1)N1CCC(C(=O)OCC)CC1.I. The van der Waals surface area contributed by atoms with Crippen LogP contribution in [0.2, 0.25) is 0 Å². The third-order valence-electron chi connectivity index (χ3n) is 4.66. The molecular weight excluding hydrogens is 507 g/mol. The van der Waals surface area contributed by atoms with Crippen LogP contribution < -0.4 is 10.0 Å². The third-order valence-corrected chi connectivity index (χ3v) is 6.09. The first-order valence-electron chi connectivity index (χ1n) is 9.63. The number of guanidine groups is 1. The molecule has 0 amide bonds. The van der Waals surface area contributed by atoms with Crippen molar-refractivity contribution in [2.45, 2.75) is 38.1 Å². The van der Waals surface area contributed by atoms with E-state index < -0.39 is 10.0 Å². The predicted molar refractivity (Wildman–Crippen MR) is 124 cm³/mol. The lowest BCUT2D eigenvalue weighted by Gasteiger charge is -2.33. The van der Waals surface area contributed by atoms with Crippen molar-refractivity contribution < 1.29 is 17.9 Å². The maximum Gasteiger partial charge on any atom is 0.309 e. The lowest BCUT2D eigenvalue weighted by atomic mass is 9.97. The van der Waals surface area contributed by atoms with Gasteiger partial charge in [0.25, 0.3) is 0 Å². The first-order chi connectivity index (χ1) is 13.4. The summed E-state index contributed by atoms with van der Waals surface area (Å²) in [5.41, 5.74) is 0.923. The number of hydrogen-bond donors (Lipinski definition) is 2. The molecule has 1 aliphatic heterocycles. The van der Waals surface area contributed by atoms with Crippen LogP contribution in [0, 0.1) is 5.92 Å². The number of halogens is 1. The molecule has 10 heteroatoms. The monoisotopic (exact) mass is 538 g/mol. The normalized spacial score (nSPS) is 15.6. The van der Waals surface area contributed by atoms with Crippen molar-refractivity contribution in [3.63, 3.8) is 0 Å². The van der Waals surface area contributed by atoms with Crippen molar-refractivity contribution in [3.05, 3.63) is 29.8 Å². The van der Waals surface area contributed by atoms with E-state index in [2.05, 4.69) is 19.9 Å². The molecule has 2 rings (SSSR count). The minimum absolute atomic E-state index is 0. The number of hydrogen-bond acceptors (Lipinski definition) is 5. The van der Waals surface area contributed by atoms with Gasteiger partial charge in [0.2, 0.25) is 10.0 Å². The molecule has 1 aliphatic rings. The number of sulfonamides is 1. The Balaban J connectivity index is 0.00000420. The third kappa shape index (κ3) is 7.41. The van der Waals surface area contributed by atoms with Gasteiger partial charge in [-0.2, -0.15) is 0 Å². The highest BCUT2D eigenvalue weighted by Gasteiger charge is 2.27. The number of aliphatic imine (C=N–C) groups is 1. The Kier molecular flexibility index (Phi) is 10.9. The molecule has 29 heavy (non-hydrogen) atoms. The molecule has 0 atom stereocenters. The van der Waals surface area contributed by atoms with Crippen LogP contribution in [0.5, 0.6) is 0 Å². The maximum atomic E-state index is 11.9. The first-order valence-corrected chi connectivity index (χ1v) is 11.1. The number of esters is 1. The van der Waals surface area contributed by atoms with E-state index in [1.165, 1.54) is 7.05 Å². The minimum Gasteiger partial charge on any atom is -0.466 e. The second-order valence-corrected chi connectivity index (χ2v) is 8.42. The van der Waals surface area contributed by atoms with E-state index in [0.29, 0.717) is 13.2 Å². The van der Waals surface area contributed by atoms with Crippen LogP contribution in [0.4, 0.5) is 0 Å². The highest BCUT2D eigenvalue weighted by molar-refractivity contribution is 14.0. The first kappa shape index (κ1) is 25.6. The fourth-order valence-corrected chi connectivity index (χ4v) is 3.80. The van der Waals surface area contributed by atoms with Gasteiger partial charge in [0, 0.05) is 19.6 Å². The van der Waals surface area contributed by atoms with E-state index >= 15 is 0 Å². The number of nitrogens with one attached hydrogen (secondary N) is 2. The lowest BCUT2D eigenvalue weighted by molar-refractivity contribution is -0.149. The van der Waals surface area contributed by atoms with Gasteiger partial charge >= 0.3 is 5.97 Å². The van der Waals surface area contributed by atoms with Gasteiger partial charge < -0.3 is 15.0 Å². The fourth-order valence-electron chi connectivity index (χ4n) is 3.07. The van der Waals surface area contributed by atoms with E-state index in [1.807, 2.05) is 13.8 Å². The largest absolute Gasteiger partial charge is 0.466 e. The summed E-state index contributed by atoms with van der Waals surface area (Å²) in [6.07, 6.45) is 1.50. The summed E-state index contributed by atoms with van der Waals surface area (Å²) in [5.74, 6) is 0.651. The maximum absolute atomic E-state index is 11.9. The standard InChI is InChI=1S/C19H30N4O4S.HI/c1-4-21-19(23-12-10-16(11-13-23)18(24)27-5-2)22-14-15-6-8-17(9-7-15)28(25,26)20-3;/h6-9,16,20H,4-5,10-14H2,1-3H3,(H,21,22);1H. The summed E-state index contributed by atoms with van der Waals surface area (Å²) >= 11 is 0. The number of likely N-dealkylation sites (tertiary alicyclic amines) is 1. The number of carbonyl (C=O) groups excluding carboxylic acids is 1. The van der Waals surface area contributed by atoms with Crippen LogP contribution in [0.25, 0.3) is 0 Å². The van der Waals surface area contributed by atoms with E-state index in [4.69, 9.17) is 4.74 Å². The molecule has 1 aromatic carbocycles. The van der Waals surface area contributed by atoms with E-state index in [-0.39, 0.29) is 40.8 Å². The van der Waals surface area contributed by atoms with Crippen molar-refractivity contribution in [2.24, 2.45) is 10.9 Å². The number of nitrogens with zero attached hydrogens (tertiary/aromatic N) is 2. The Bertz CT molecular complexity index is 776. The second-order valence-electron chi connectivity index (χ2n) is 6.54. The summed E-state index contributed by atoms with van der Waals surface area (Å²) in [6.45, 7) is 6.93. The van der Waals surface area contributed by atoms with Gasteiger partial charge in [0.1, 0.15) is 0 Å². The number of ether oxygens (including phenoxy) is 1. The molecule has 1 heterocycles. The molecule has 164 valence electrons. The highest BCUT2D eigenvalue weighted by atomic mass is 127. The zero-order valence-electron chi connectivity index (χ0n) is 17.2. The average Bonchev–Trinajstić information content (AvgIpc) is 2.71. The van der Waals surface area contributed by atoms with Gasteiger partial charge in [-0.25, -0.2) is 18.1 Å². The van der Waals surface area contributed by atoms with Gasteiger partial charge in [-0.1, -0.05) is 12.1 Å². The minimum atomic E-state index is -3.43. The van der Waals surface area contributed by atoms with Gasteiger partial charge in [0.15, 0.2) is 5.96 Å². The van der Waals surface area contributed by atoms with E-state index in [9.17, 15) is 13.2 Å². The number of piperidine rings is 1. The van der Waals surface area contributed by atoms with E-state index in [0.717, 1.165) is 44.0 Å². The van der Waals surface area contributed by atoms with Gasteiger partial charge in [-0.3, -0.25) is 4.79 Å². The molecule has 2 N–H and O–H groups in total. The van der Waals surface area contributed by atoms with Crippen LogP contribution in [0.3, 0.4) is 0 Å². The molecule has 0 bridgehead atoms. The predicted octanol–water partition coefficient (Wildman–Crippen LogP) is 1.95. The number of rotatable bonds is 7. The van der Waals surface area contributed by atoms with Crippen molar-refractivity contribution in [3.8, 4) is 0 Å². The second kappa shape index (κ2) is 12.3. The molecule has 1 aromatic rings. The van der Waals surface area contributed by atoms with Crippen molar-refractivity contribution in [1.82, 2.24) is 14.9 Å². The number of benzene rings is 1. The fraction of sp³-hybridized carbons (Fsp3) is 0.579. The Hall–Kier alpha value is -1.40. The van der Waals surface area contributed by atoms with Crippen LogP contribution >= 0.6 is 24.0 Å². The summed E-state index contributed by atoms with van der Waals surface area (Å²) in [4.78, 5) is 19.0. The highest BCUT2D eigenvalue weighted by Crippen LogP contribution is 2.19. The summed E-state index contributed by atoms with van der Waals surface area (Å²) in [5, 5.41) is 3.29. The Morgan fingerprint density at radius 2 is 1.83 bits per heavy atom. The zero-order valence-corrected chi connectivity index (χ0v) is 20.3. The smallest absolute Gasteiger partial charge is 0.309 e. The van der Waals surface area contributed by atoms with Crippen LogP contribution in [-0.4, -0.2) is 58.5 Å². The van der Waals surface area contributed by atoms with Gasteiger partial charge in [-0.05, 0) is 51.4 Å². The summed E-state index contributed by atoms with van der Waals surface area (Å²) in [7, 11) is -2.04. The summed E-state index contributed by atoms with van der Waals surface area (Å²) < 4.78 is 31.0. The molecular formula is C19H31IN4O4S. The van der Waals surface area contributed by atoms with E-state index in [1.54, 1.807) is 24.3 Å². The Labute approximate surface area is 190 Å². The number of carbonyl (C=O) groups is 1. The molecule has 0 aliphatic carbocycles. The van der Waals surface area contributed by atoms with Crippen LogP contribution in [-0.2, 0) is 26.1 Å². The molecule has 0 unspecified atom stereocenters. The van der Waals surface area contributed by atoms with Crippen molar-refractivity contribution in [2.75, 3.05) is 33.3 Å². The molecule has 0 spiro atoms. The van der Waals surface area contributed by atoms with Crippen molar-refractivity contribution >= 4 is 45.9 Å². The molecule has 1 fully saturated rings. The Morgan fingerprint density at radius 3 is 2.34 bits per heavy atom. The average molecular weight is 538 g/mol.